The third kappa shape index (κ3) is 2.42. The van der Waals surface area contributed by atoms with Gasteiger partial charge in [0.2, 0.25) is 0 Å². The van der Waals surface area contributed by atoms with Gasteiger partial charge in [0.15, 0.2) is 0 Å². The van der Waals surface area contributed by atoms with E-state index in [9.17, 15) is 4.79 Å². The molecular weight excluding hydrogens is 168 g/mol. The van der Waals surface area contributed by atoms with Crippen LogP contribution in [0.25, 0.3) is 0 Å². The van der Waals surface area contributed by atoms with Gasteiger partial charge in [-0.25, -0.2) is 9.48 Å². The normalized spacial score (nSPS) is 13.6. The number of nitrogens with zero attached hydrogens (tertiary/aromatic N) is 2. The van der Waals surface area contributed by atoms with E-state index >= 15 is 0 Å². The number of aromatic nitrogens is 3. The second kappa shape index (κ2) is 3.74. The summed E-state index contributed by atoms with van der Waals surface area (Å²) in [5, 5.41) is 4.12. The lowest BCUT2D eigenvalue weighted by Gasteiger charge is -2.02. The molecule has 0 fully saturated rings. The Bertz CT molecular complexity index is 323. The molecule has 1 aromatic rings. The summed E-state index contributed by atoms with van der Waals surface area (Å²) < 4.78 is 1.38. The van der Waals surface area contributed by atoms with Gasteiger partial charge in [0.1, 0.15) is 5.82 Å². The van der Waals surface area contributed by atoms with E-state index in [4.69, 9.17) is 5.73 Å². The fourth-order valence-corrected chi connectivity index (χ4v) is 1.03. The highest BCUT2D eigenvalue weighted by Gasteiger charge is 2.08. The Morgan fingerprint density at radius 3 is 2.54 bits per heavy atom. The van der Waals surface area contributed by atoms with Crippen LogP contribution >= 0.6 is 0 Å². The fraction of sp³-hybridized carbons (Fsp3) is 0.750. The van der Waals surface area contributed by atoms with Gasteiger partial charge in [0.05, 0.1) is 6.54 Å². The zero-order chi connectivity index (χ0) is 10.0. The van der Waals surface area contributed by atoms with Crippen molar-refractivity contribution in [1.82, 2.24) is 14.8 Å². The van der Waals surface area contributed by atoms with Crippen LogP contribution < -0.4 is 11.4 Å². The third-order valence-electron chi connectivity index (χ3n) is 1.71. The molecule has 0 amide bonds. The number of hydrogen-bond acceptors (Lipinski definition) is 3. The fourth-order valence-electron chi connectivity index (χ4n) is 1.03. The Balaban J connectivity index is 2.90. The van der Waals surface area contributed by atoms with Crippen LogP contribution in [0.4, 0.5) is 0 Å². The molecule has 0 aromatic carbocycles. The number of rotatable bonds is 3. The molecule has 0 aliphatic heterocycles. The van der Waals surface area contributed by atoms with Crippen LogP contribution in [0.15, 0.2) is 4.79 Å². The smallest absolute Gasteiger partial charge is 0.326 e. The molecule has 0 saturated heterocycles. The predicted molar refractivity (Wildman–Crippen MR) is 50.6 cm³/mol. The van der Waals surface area contributed by atoms with Crippen LogP contribution in [0, 0.1) is 0 Å². The maximum atomic E-state index is 11.3. The van der Waals surface area contributed by atoms with Crippen LogP contribution in [-0.2, 0) is 6.54 Å². The molecule has 1 unspecified atom stereocenters. The molecule has 3 N–H and O–H groups in total. The van der Waals surface area contributed by atoms with Crippen molar-refractivity contribution in [3.8, 4) is 0 Å². The van der Waals surface area contributed by atoms with Gasteiger partial charge in [-0.2, -0.15) is 5.10 Å². The van der Waals surface area contributed by atoms with Crippen LogP contribution in [0.5, 0.6) is 0 Å². The molecule has 0 bridgehead atoms. The first kappa shape index (κ1) is 9.98. The third-order valence-corrected chi connectivity index (χ3v) is 1.71. The minimum Gasteiger partial charge on any atom is -0.326 e. The summed E-state index contributed by atoms with van der Waals surface area (Å²) in [5.41, 5.74) is 5.39. The van der Waals surface area contributed by atoms with E-state index in [-0.39, 0.29) is 17.6 Å². The Morgan fingerprint density at radius 2 is 2.15 bits per heavy atom. The van der Waals surface area contributed by atoms with Gasteiger partial charge in [0.25, 0.3) is 0 Å². The van der Waals surface area contributed by atoms with E-state index in [1.54, 1.807) is 0 Å². The SMILES string of the molecule is CC(N)Cn1nc(C(C)C)[nH]c1=O. The van der Waals surface area contributed by atoms with Gasteiger partial charge < -0.3 is 5.73 Å². The largest absolute Gasteiger partial charge is 0.343 e. The number of aromatic amines is 1. The Labute approximate surface area is 76.9 Å². The van der Waals surface area contributed by atoms with E-state index in [2.05, 4.69) is 10.1 Å². The molecule has 0 radical (unpaired) electrons. The molecule has 74 valence electrons. The van der Waals surface area contributed by atoms with E-state index in [0.717, 1.165) is 0 Å². The van der Waals surface area contributed by atoms with Crippen molar-refractivity contribution < 1.29 is 0 Å². The number of nitrogens with two attached hydrogens (primary N) is 1. The maximum Gasteiger partial charge on any atom is 0.343 e. The molecule has 1 atom stereocenters. The highest BCUT2D eigenvalue weighted by Crippen LogP contribution is 2.04. The average Bonchev–Trinajstić information content (AvgIpc) is 2.31. The topological polar surface area (TPSA) is 76.7 Å². The standard InChI is InChI=1S/C8H16N4O/c1-5(2)7-10-8(13)12(11-7)4-6(3)9/h5-6H,4,9H2,1-3H3,(H,10,11,13). The van der Waals surface area contributed by atoms with E-state index in [1.165, 1.54) is 4.68 Å². The van der Waals surface area contributed by atoms with Crippen molar-refractivity contribution >= 4 is 0 Å². The lowest BCUT2D eigenvalue weighted by Crippen LogP contribution is -2.29. The molecule has 13 heavy (non-hydrogen) atoms. The quantitative estimate of drug-likeness (QED) is 0.696. The van der Waals surface area contributed by atoms with E-state index in [1.807, 2.05) is 20.8 Å². The Kier molecular flexibility index (Phi) is 2.87. The first-order valence-electron chi connectivity index (χ1n) is 4.43. The molecule has 5 heteroatoms. The van der Waals surface area contributed by atoms with Gasteiger partial charge >= 0.3 is 5.69 Å². The van der Waals surface area contributed by atoms with Gasteiger partial charge in [-0.15, -0.1) is 0 Å². The summed E-state index contributed by atoms with van der Waals surface area (Å²) in [7, 11) is 0. The zero-order valence-corrected chi connectivity index (χ0v) is 8.24. The monoisotopic (exact) mass is 184 g/mol. The number of H-pyrrole nitrogens is 1. The minimum atomic E-state index is -0.180. The van der Waals surface area contributed by atoms with Crippen LogP contribution in [0.2, 0.25) is 0 Å². The van der Waals surface area contributed by atoms with Gasteiger partial charge in [-0.1, -0.05) is 13.8 Å². The van der Waals surface area contributed by atoms with Crippen LogP contribution in [0.1, 0.15) is 32.5 Å². The molecule has 0 saturated carbocycles. The first-order chi connectivity index (χ1) is 6.00. The molecule has 5 nitrogen and oxygen atoms in total. The van der Waals surface area contributed by atoms with Crippen molar-refractivity contribution in [2.45, 2.75) is 39.3 Å². The van der Waals surface area contributed by atoms with E-state index in [0.29, 0.717) is 12.4 Å². The molecule has 0 spiro atoms. The van der Waals surface area contributed by atoms with Crippen molar-refractivity contribution in [1.29, 1.82) is 0 Å². The number of nitrogens with one attached hydrogen (secondary N) is 1. The zero-order valence-electron chi connectivity index (χ0n) is 8.24. The summed E-state index contributed by atoms with van der Waals surface area (Å²) in [5.74, 6) is 0.952. The summed E-state index contributed by atoms with van der Waals surface area (Å²) >= 11 is 0. The van der Waals surface area contributed by atoms with Gasteiger partial charge in [0, 0.05) is 12.0 Å². The lowest BCUT2D eigenvalue weighted by molar-refractivity contribution is 0.517. The Morgan fingerprint density at radius 1 is 1.54 bits per heavy atom. The molecule has 1 rings (SSSR count). The summed E-state index contributed by atoms with van der Waals surface area (Å²) in [6.07, 6.45) is 0. The minimum absolute atomic E-state index is 0.0546. The van der Waals surface area contributed by atoms with Crippen LogP contribution in [-0.4, -0.2) is 20.8 Å². The number of hydrogen-bond donors (Lipinski definition) is 2. The summed E-state index contributed by atoms with van der Waals surface area (Å²) in [4.78, 5) is 14.0. The van der Waals surface area contributed by atoms with Crippen molar-refractivity contribution in [3.05, 3.63) is 16.3 Å². The maximum absolute atomic E-state index is 11.3. The Hall–Kier alpha value is -1.10. The second-order valence-electron chi connectivity index (χ2n) is 3.63. The van der Waals surface area contributed by atoms with Crippen LogP contribution in [0.3, 0.4) is 0 Å². The average molecular weight is 184 g/mol. The predicted octanol–water partition coefficient (Wildman–Crippen LogP) is 0.0420. The molecule has 0 aliphatic rings. The highest BCUT2D eigenvalue weighted by atomic mass is 16.1. The summed E-state index contributed by atoms with van der Waals surface area (Å²) in [6.45, 7) is 6.27. The molecule has 1 aromatic heterocycles. The first-order valence-corrected chi connectivity index (χ1v) is 4.43. The van der Waals surface area contributed by atoms with Crippen molar-refractivity contribution in [3.63, 3.8) is 0 Å². The highest BCUT2D eigenvalue weighted by molar-refractivity contribution is 4.89. The van der Waals surface area contributed by atoms with E-state index < -0.39 is 0 Å². The lowest BCUT2D eigenvalue weighted by atomic mass is 10.2. The second-order valence-corrected chi connectivity index (χ2v) is 3.63. The molecule has 0 aliphatic carbocycles. The van der Waals surface area contributed by atoms with Gasteiger partial charge in [-0.3, -0.25) is 4.98 Å². The summed E-state index contributed by atoms with van der Waals surface area (Å²) in [6, 6.07) is -0.0546. The van der Waals surface area contributed by atoms with Crippen molar-refractivity contribution in [2.75, 3.05) is 0 Å². The molecule has 1 heterocycles. The molecular formula is C8H16N4O. The van der Waals surface area contributed by atoms with Gasteiger partial charge in [-0.05, 0) is 6.92 Å². The van der Waals surface area contributed by atoms with Crippen molar-refractivity contribution in [2.24, 2.45) is 5.73 Å².